The Balaban J connectivity index is 3.67. The van der Waals surface area contributed by atoms with Gasteiger partial charge in [0.1, 0.15) is 0 Å². The van der Waals surface area contributed by atoms with Gasteiger partial charge in [0.2, 0.25) is 0 Å². The first-order valence-electron chi connectivity index (χ1n) is 6.26. The van der Waals surface area contributed by atoms with Crippen LogP contribution in [0.25, 0.3) is 0 Å². The second-order valence-corrected chi connectivity index (χ2v) is 4.65. The molecule has 0 saturated carbocycles. The highest BCUT2D eigenvalue weighted by molar-refractivity contribution is 5.01. The molecule has 0 spiro atoms. The number of rotatable bonds is 7. The summed E-state index contributed by atoms with van der Waals surface area (Å²) >= 11 is 0. The summed E-state index contributed by atoms with van der Waals surface area (Å²) in [7, 11) is 0. The molecule has 84 valence electrons. The molecule has 2 atom stereocenters. The molecule has 2 unspecified atom stereocenters. The fourth-order valence-corrected chi connectivity index (χ4v) is 1.85. The number of hydrogen-bond donors (Lipinski definition) is 0. The van der Waals surface area contributed by atoms with Gasteiger partial charge in [0.05, 0.1) is 0 Å². The van der Waals surface area contributed by atoms with Crippen molar-refractivity contribution in [2.45, 2.75) is 66.7 Å². The molecule has 0 aliphatic carbocycles. The third kappa shape index (κ3) is 5.47. The van der Waals surface area contributed by atoms with Crippen molar-refractivity contribution in [3.63, 3.8) is 0 Å². The molecule has 0 fully saturated rings. The highest BCUT2D eigenvalue weighted by Gasteiger charge is 2.12. The number of unbranched alkanes of at least 4 members (excludes halogenated alkanes) is 3. The first-order chi connectivity index (χ1) is 6.63. The maximum Gasteiger partial charge on any atom is -0.0209 e. The monoisotopic (exact) mass is 196 g/mol. The normalized spacial score (nSPS) is 16.8. The van der Waals surface area contributed by atoms with Gasteiger partial charge in [-0.25, -0.2) is 0 Å². The second kappa shape index (κ2) is 8.08. The minimum absolute atomic E-state index is 0.765. The van der Waals surface area contributed by atoms with Crippen molar-refractivity contribution in [2.75, 3.05) is 0 Å². The number of allylic oxidation sites excluding steroid dienone is 2. The molecule has 0 aromatic rings. The zero-order valence-corrected chi connectivity index (χ0v) is 10.8. The summed E-state index contributed by atoms with van der Waals surface area (Å²) in [6.07, 6.45) is 9.24. The molecule has 0 heteroatoms. The summed E-state index contributed by atoms with van der Waals surface area (Å²) in [5.74, 6) is 1.62. The molecule has 0 aromatic heterocycles. The van der Waals surface area contributed by atoms with Crippen LogP contribution in [0.4, 0.5) is 0 Å². The topological polar surface area (TPSA) is 0 Å². The predicted octanol–water partition coefficient (Wildman–Crippen LogP) is 5.20. The Labute approximate surface area is 90.8 Å². The van der Waals surface area contributed by atoms with Crippen LogP contribution in [0.5, 0.6) is 0 Å². The van der Waals surface area contributed by atoms with Crippen LogP contribution < -0.4 is 0 Å². The SMILES string of the molecule is CC=C(C)C(C)C(C)CCCCCC. The van der Waals surface area contributed by atoms with Crippen LogP contribution in [0.1, 0.15) is 66.7 Å². The van der Waals surface area contributed by atoms with Gasteiger partial charge in [-0.15, -0.1) is 0 Å². The summed E-state index contributed by atoms with van der Waals surface area (Å²) in [5, 5.41) is 0. The Morgan fingerprint density at radius 3 is 2.29 bits per heavy atom. The zero-order valence-electron chi connectivity index (χ0n) is 10.8. The van der Waals surface area contributed by atoms with E-state index in [0.717, 1.165) is 11.8 Å². The molecule has 0 radical (unpaired) electrons. The van der Waals surface area contributed by atoms with Gasteiger partial charge >= 0.3 is 0 Å². The van der Waals surface area contributed by atoms with Gasteiger partial charge in [-0.3, -0.25) is 0 Å². The van der Waals surface area contributed by atoms with Crippen molar-refractivity contribution in [3.05, 3.63) is 11.6 Å². The van der Waals surface area contributed by atoms with E-state index in [1.165, 1.54) is 32.1 Å². The molecule has 0 aliphatic heterocycles. The molecule has 0 bridgehead atoms. The zero-order chi connectivity index (χ0) is 11.0. The molecule has 0 heterocycles. The Morgan fingerprint density at radius 1 is 1.14 bits per heavy atom. The lowest BCUT2D eigenvalue weighted by molar-refractivity contribution is 0.391. The average Bonchev–Trinajstić information content (AvgIpc) is 2.21. The molecule has 0 saturated heterocycles. The van der Waals surface area contributed by atoms with Gasteiger partial charge in [-0.2, -0.15) is 0 Å². The molecule has 0 N–H and O–H groups in total. The predicted molar refractivity (Wildman–Crippen MR) is 66.5 cm³/mol. The van der Waals surface area contributed by atoms with E-state index < -0.39 is 0 Å². The Hall–Kier alpha value is -0.260. The van der Waals surface area contributed by atoms with Crippen LogP contribution in [0, 0.1) is 11.8 Å². The van der Waals surface area contributed by atoms with Crippen molar-refractivity contribution in [2.24, 2.45) is 11.8 Å². The first kappa shape index (κ1) is 13.7. The fraction of sp³-hybridized carbons (Fsp3) is 0.857. The summed E-state index contributed by atoms with van der Waals surface area (Å²) < 4.78 is 0. The van der Waals surface area contributed by atoms with Gasteiger partial charge in [-0.1, -0.05) is 64.5 Å². The van der Waals surface area contributed by atoms with E-state index >= 15 is 0 Å². The Bertz CT molecular complexity index is 155. The quantitative estimate of drug-likeness (QED) is 0.388. The Kier molecular flexibility index (Phi) is 7.93. The van der Waals surface area contributed by atoms with Crippen molar-refractivity contribution in [1.82, 2.24) is 0 Å². The minimum Gasteiger partial charge on any atom is -0.0885 e. The maximum atomic E-state index is 2.39. The molecule has 14 heavy (non-hydrogen) atoms. The van der Waals surface area contributed by atoms with Gasteiger partial charge in [0, 0.05) is 0 Å². The molecular formula is C14H28. The summed E-state index contributed by atoms with van der Waals surface area (Å²) in [6, 6.07) is 0. The van der Waals surface area contributed by atoms with E-state index in [2.05, 4.69) is 40.7 Å². The van der Waals surface area contributed by atoms with E-state index in [-0.39, 0.29) is 0 Å². The summed E-state index contributed by atoms with van der Waals surface area (Å²) in [6.45, 7) is 11.4. The lowest BCUT2D eigenvalue weighted by Gasteiger charge is -2.20. The number of hydrogen-bond acceptors (Lipinski definition) is 0. The smallest absolute Gasteiger partial charge is 0.0209 e. The van der Waals surface area contributed by atoms with Crippen LogP contribution in [0.15, 0.2) is 11.6 Å². The highest BCUT2D eigenvalue weighted by atomic mass is 14.2. The average molecular weight is 196 g/mol. The van der Waals surface area contributed by atoms with E-state index in [1.807, 2.05) is 0 Å². The van der Waals surface area contributed by atoms with Gasteiger partial charge < -0.3 is 0 Å². The first-order valence-corrected chi connectivity index (χ1v) is 6.26. The van der Waals surface area contributed by atoms with Gasteiger partial charge in [0.25, 0.3) is 0 Å². The van der Waals surface area contributed by atoms with Gasteiger partial charge in [0.15, 0.2) is 0 Å². The third-order valence-electron chi connectivity index (χ3n) is 3.54. The highest BCUT2D eigenvalue weighted by Crippen LogP contribution is 2.24. The van der Waals surface area contributed by atoms with E-state index in [0.29, 0.717) is 0 Å². The van der Waals surface area contributed by atoms with Gasteiger partial charge in [-0.05, 0) is 25.7 Å². The fourth-order valence-electron chi connectivity index (χ4n) is 1.85. The third-order valence-corrected chi connectivity index (χ3v) is 3.54. The molecule has 0 nitrogen and oxygen atoms in total. The van der Waals surface area contributed by atoms with Crippen molar-refractivity contribution in [1.29, 1.82) is 0 Å². The minimum atomic E-state index is 0.765. The van der Waals surface area contributed by atoms with E-state index in [1.54, 1.807) is 5.57 Å². The van der Waals surface area contributed by atoms with Crippen LogP contribution in [-0.2, 0) is 0 Å². The van der Waals surface area contributed by atoms with Crippen LogP contribution in [0.2, 0.25) is 0 Å². The standard InChI is InChI=1S/C14H28/c1-6-8-9-10-11-13(4)14(5)12(3)7-2/h7,13-14H,6,8-11H2,1-5H3. The summed E-state index contributed by atoms with van der Waals surface area (Å²) in [4.78, 5) is 0. The molecule has 0 rings (SSSR count). The van der Waals surface area contributed by atoms with Crippen LogP contribution >= 0.6 is 0 Å². The second-order valence-electron chi connectivity index (χ2n) is 4.65. The lowest BCUT2D eigenvalue weighted by atomic mass is 9.86. The van der Waals surface area contributed by atoms with Crippen molar-refractivity contribution in [3.8, 4) is 0 Å². The maximum absolute atomic E-state index is 2.39. The van der Waals surface area contributed by atoms with Crippen molar-refractivity contribution < 1.29 is 0 Å². The summed E-state index contributed by atoms with van der Waals surface area (Å²) in [5.41, 5.74) is 1.55. The largest absolute Gasteiger partial charge is 0.0885 e. The van der Waals surface area contributed by atoms with Crippen LogP contribution in [0.3, 0.4) is 0 Å². The van der Waals surface area contributed by atoms with Crippen LogP contribution in [-0.4, -0.2) is 0 Å². The molecule has 0 aliphatic rings. The Morgan fingerprint density at radius 2 is 1.79 bits per heavy atom. The molecule has 0 amide bonds. The van der Waals surface area contributed by atoms with E-state index in [4.69, 9.17) is 0 Å². The lowest BCUT2D eigenvalue weighted by Crippen LogP contribution is -2.09. The molecular weight excluding hydrogens is 168 g/mol. The molecule has 0 aromatic carbocycles. The van der Waals surface area contributed by atoms with E-state index in [9.17, 15) is 0 Å². The van der Waals surface area contributed by atoms with Crippen molar-refractivity contribution >= 4 is 0 Å².